The number of benzene rings is 2. The Balaban J connectivity index is 1.66. The number of aryl methyl sites for hydroxylation is 1. The molecule has 1 aliphatic rings. The smallest absolute Gasteiger partial charge is 0.165 e. The second kappa shape index (κ2) is 8.33. The Morgan fingerprint density at radius 3 is 2.66 bits per heavy atom. The van der Waals surface area contributed by atoms with E-state index >= 15 is 0 Å². The second-order valence-electron chi connectivity index (χ2n) is 7.75. The lowest BCUT2D eigenvalue weighted by Crippen LogP contribution is -2.36. The molecule has 0 unspecified atom stereocenters. The summed E-state index contributed by atoms with van der Waals surface area (Å²) in [5, 5.41) is 5.21. The van der Waals surface area contributed by atoms with Crippen LogP contribution in [0.25, 0.3) is 27.9 Å². The molecule has 8 heteroatoms. The predicted octanol–water partition coefficient (Wildman–Crippen LogP) is 4.45. The molecule has 2 N–H and O–H groups in total. The zero-order valence-corrected chi connectivity index (χ0v) is 18.8. The molecule has 0 spiro atoms. The molecule has 0 amide bonds. The van der Waals surface area contributed by atoms with E-state index in [-0.39, 0.29) is 0 Å². The summed E-state index contributed by atoms with van der Waals surface area (Å²) in [5.74, 6) is 1.28. The first-order chi connectivity index (χ1) is 15.6. The number of methoxy groups -OCH3 is 1. The number of hydrogen-bond acceptors (Lipinski definition) is 6. The minimum atomic E-state index is 0.518. The summed E-state index contributed by atoms with van der Waals surface area (Å²) in [6.45, 7) is 5.11. The van der Waals surface area contributed by atoms with Crippen molar-refractivity contribution in [3.05, 3.63) is 59.4 Å². The van der Waals surface area contributed by atoms with Gasteiger partial charge in [0.15, 0.2) is 5.65 Å². The van der Waals surface area contributed by atoms with E-state index in [9.17, 15) is 0 Å². The summed E-state index contributed by atoms with van der Waals surface area (Å²) in [5.41, 5.74) is 12.7. The van der Waals surface area contributed by atoms with E-state index in [0.29, 0.717) is 16.5 Å². The Hall–Kier alpha value is -3.29. The van der Waals surface area contributed by atoms with Gasteiger partial charge < -0.3 is 20.1 Å². The highest BCUT2D eigenvalue weighted by molar-refractivity contribution is 6.30. The van der Waals surface area contributed by atoms with Gasteiger partial charge >= 0.3 is 0 Å². The lowest BCUT2D eigenvalue weighted by Gasteiger charge is -2.29. The monoisotopic (exact) mass is 449 g/mol. The van der Waals surface area contributed by atoms with Gasteiger partial charge in [-0.2, -0.15) is 9.61 Å². The number of nitrogens with zero attached hydrogens (tertiary/aromatic N) is 4. The fraction of sp³-hybridized carbons (Fsp3) is 0.250. The fourth-order valence-electron chi connectivity index (χ4n) is 4.25. The van der Waals surface area contributed by atoms with E-state index in [4.69, 9.17) is 31.8 Å². The van der Waals surface area contributed by atoms with Crippen LogP contribution in [0.5, 0.6) is 5.75 Å². The average molecular weight is 450 g/mol. The lowest BCUT2D eigenvalue weighted by atomic mass is 10.0. The first-order valence-corrected chi connectivity index (χ1v) is 10.9. The summed E-state index contributed by atoms with van der Waals surface area (Å²) in [4.78, 5) is 7.19. The highest BCUT2D eigenvalue weighted by Crippen LogP contribution is 2.38. The summed E-state index contributed by atoms with van der Waals surface area (Å²) in [7, 11) is 1.67. The summed E-state index contributed by atoms with van der Waals surface area (Å²) in [6.07, 6.45) is 1.79. The van der Waals surface area contributed by atoms with Gasteiger partial charge in [0.1, 0.15) is 11.6 Å². The second-order valence-corrected chi connectivity index (χ2v) is 8.18. The number of morpholine rings is 1. The van der Waals surface area contributed by atoms with Crippen LogP contribution < -0.4 is 15.4 Å². The van der Waals surface area contributed by atoms with Crippen molar-refractivity contribution >= 4 is 28.8 Å². The zero-order chi connectivity index (χ0) is 22.2. The van der Waals surface area contributed by atoms with Crippen molar-refractivity contribution in [1.82, 2.24) is 14.6 Å². The molecule has 0 radical (unpaired) electrons. The molecule has 0 bridgehead atoms. The first kappa shape index (κ1) is 20.6. The molecular weight excluding hydrogens is 426 g/mol. The van der Waals surface area contributed by atoms with E-state index < -0.39 is 0 Å². The Kier molecular flexibility index (Phi) is 5.36. The normalized spacial score (nSPS) is 14.2. The van der Waals surface area contributed by atoms with E-state index in [2.05, 4.69) is 22.1 Å². The van der Waals surface area contributed by atoms with Gasteiger partial charge in [-0.05, 0) is 42.8 Å². The van der Waals surface area contributed by atoms with Crippen molar-refractivity contribution in [3.8, 4) is 28.0 Å². The molecule has 1 fully saturated rings. The van der Waals surface area contributed by atoms with Gasteiger partial charge in [-0.3, -0.25) is 0 Å². The number of anilines is 2. The Morgan fingerprint density at radius 2 is 1.91 bits per heavy atom. The van der Waals surface area contributed by atoms with Gasteiger partial charge in [0.25, 0.3) is 0 Å². The van der Waals surface area contributed by atoms with Gasteiger partial charge in [0.05, 0.1) is 37.8 Å². The lowest BCUT2D eigenvalue weighted by molar-refractivity contribution is 0.122. The SMILES string of the molecule is COc1ccc(N2CCOCC2)cc1-c1cnn2c(N)c(-c3cccc(Cl)c3)c(C)nc12. The van der Waals surface area contributed by atoms with Gasteiger partial charge in [0, 0.05) is 34.9 Å². The van der Waals surface area contributed by atoms with Crippen LogP contribution in [-0.4, -0.2) is 48.0 Å². The molecule has 1 saturated heterocycles. The number of ether oxygens (including phenoxy) is 2. The zero-order valence-electron chi connectivity index (χ0n) is 18.0. The van der Waals surface area contributed by atoms with Crippen LogP contribution in [-0.2, 0) is 4.74 Å². The number of nitrogen functional groups attached to an aromatic ring is 1. The quantitative estimate of drug-likeness (QED) is 0.496. The molecule has 0 aliphatic carbocycles. The summed E-state index contributed by atoms with van der Waals surface area (Å²) < 4.78 is 12.8. The number of aromatic nitrogens is 3. The number of hydrogen-bond donors (Lipinski definition) is 1. The minimum absolute atomic E-state index is 0.518. The van der Waals surface area contributed by atoms with Gasteiger partial charge in [-0.15, -0.1) is 0 Å². The molecule has 32 heavy (non-hydrogen) atoms. The van der Waals surface area contributed by atoms with Crippen LogP contribution in [0.2, 0.25) is 5.02 Å². The molecule has 2 aromatic carbocycles. The van der Waals surface area contributed by atoms with Crippen LogP contribution in [0.15, 0.2) is 48.7 Å². The van der Waals surface area contributed by atoms with Crippen LogP contribution in [0.3, 0.4) is 0 Å². The fourth-order valence-corrected chi connectivity index (χ4v) is 4.44. The number of nitrogens with two attached hydrogens (primary N) is 1. The van der Waals surface area contributed by atoms with Gasteiger partial charge in [0.2, 0.25) is 0 Å². The van der Waals surface area contributed by atoms with Crippen molar-refractivity contribution in [2.45, 2.75) is 6.92 Å². The topological polar surface area (TPSA) is 77.9 Å². The van der Waals surface area contributed by atoms with Crippen molar-refractivity contribution in [2.24, 2.45) is 0 Å². The summed E-state index contributed by atoms with van der Waals surface area (Å²) >= 11 is 6.20. The Morgan fingerprint density at radius 1 is 1.09 bits per heavy atom. The van der Waals surface area contributed by atoms with Gasteiger partial charge in [-0.25, -0.2) is 4.98 Å². The van der Waals surface area contributed by atoms with Crippen molar-refractivity contribution in [2.75, 3.05) is 44.0 Å². The molecule has 5 rings (SSSR count). The molecule has 1 aliphatic heterocycles. The molecule has 3 heterocycles. The van der Waals surface area contributed by atoms with E-state index in [1.54, 1.807) is 17.8 Å². The van der Waals surface area contributed by atoms with Crippen LogP contribution in [0.4, 0.5) is 11.5 Å². The van der Waals surface area contributed by atoms with E-state index in [1.807, 2.05) is 37.3 Å². The van der Waals surface area contributed by atoms with Crippen LogP contribution >= 0.6 is 11.6 Å². The predicted molar refractivity (Wildman–Crippen MR) is 128 cm³/mol. The van der Waals surface area contributed by atoms with Gasteiger partial charge in [-0.1, -0.05) is 23.7 Å². The standard InChI is InChI=1S/C24H24ClN5O2/c1-15-22(16-4-3-5-17(25)12-16)23(26)30-24(28-15)20(14-27-30)19-13-18(6-7-21(19)31-2)29-8-10-32-11-9-29/h3-7,12-14H,8-11,26H2,1-2H3. The maximum Gasteiger partial charge on any atom is 0.165 e. The third-order valence-corrected chi connectivity index (χ3v) is 6.06. The molecule has 4 aromatic rings. The molecule has 0 atom stereocenters. The molecule has 164 valence electrons. The van der Waals surface area contributed by atoms with Crippen molar-refractivity contribution in [3.63, 3.8) is 0 Å². The molecule has 0 saturated carbocycles. The van der Waals surface area contributed by atoms with E-state index in [0.717, 1.165) is 65.7 Å². The first-order valence-electron chi connectivity index (χ1n) is 10.5. The largest absolute Gasteiger partial charge is 0.496 e. The van der Waals surface area contributed by atoms with E-state index in [1.165, 1.54) is 0 Å². The average Bonchev–Trinajstić information content (AvgIpc) is 3.23. The van der Waals surface area contributed by atoms with Crippen molar-refractivity contribution in [1.29, 1.82) is 0 Å². The van der Waals surface area contributed by atoms with Crippen LogP contribution in [0, 0.1) is 6.92 Å². The molecule has 2 aromatic heterocycles. The number of fused-ring (bicyclic) bond motifs is 1. The Bertz CT molecular complexity index is 1300. The molecule has 7 nitrogen and oxygen atoms in total. The van der Waals surface area contributed by atoms with Crippen molar-refractivity contribution < 1.29 is 9.47 Å². The summed E-state index contributed by atoms with van der Waals surface area (Å²) in [6, 6.07) is 13.8. The van der Waals surface area contributed by atoms with Crippen LogP contribution in [0.1, 0.15) is 5.69 Å². The minimum Gasteiger partial charge on any atom is -0.496 e. The third kappa shape index (κ3) is 3.53. The highest BCUT2D eigenvalue weighted by atomic mass is 35.5. The molecular formula is C24H24ClN5O2. The highest BCUT2D eigenvalue weighted by Gasteiger charge is 2.20. The number of halogens is 1. The maximum atomic E-state index is 6.57. The number of rotatable bonds is 4. The Labute approximate surface area is 191 Å². The maximum absolute atomic E-state index is 6.57. The third-order valence-electron chi connectivity index (χ3n) is 5.83.